The van der Waals surface area contributed by atoms with Crippen molar-refractivity contribution < 1.29 is 14.3 Å². The molecule has 1 aliphatic carbocycles. The van der Waals surface area contributed by atoms with Crippen molar-refractivity contribution in [2.24, 2.45) is 5.92 Å². The summed E-state index contributed by atoms with van der Waals surface area (Å²) in [6.07, 6.45) is 8.58. The summed E-state index contributed by atoms with van der Waals surface area (Å²) in [7, 11) is 3.51. The standard InChI is InChI=1S/C25H32N6O4/c1-26-23-14-22(28-20-4-3-9-30(25(20)33)17-7-10-35-11-8-17)29-24-19(15-27-31(23)24)21(32)13-16-5-6-18(12-16)34-2/h3-4,9,14-18,26H,5-8,10-13H2,1-2H3,(H,28,29)/t16?,18-/m1/s1. The van der Waals surface area contributed by atoms with Crippen molar-refractivity contribution in [3.8, 4) is 0 Å². The van der Waals surface area contributed by atoms with Crippen molar-refractivity contribution in [3.63, 3.8) is 0 Å². The van der Waals surface area contributed by atoms with Crippen LogP contribution in [0.25, 0.3) is 5.65 Å². The molecule has 2 fully saturated rings. The first-order valence-electron chi connectivity index (χ1n) is 12.3. The number of nitrogens with zero attached hydrogens (tertiary/aromatic N) is 4. The first-order chi connectivity index (χ1) is 17.1. The molecule has 3 aromatic heterocycles. The second kappa shape index (κ2) is 10.2. The van der Waals surface area contributed by atoms with Gasteiger partial charge in [-0.2, -0.15) is 9.61 Å². The maximum Gasteiger partial charge on any atom is 0.274 e. The Bertz CT molecular complexity index is 1260. The topological polar surface area (TPSA) is 112 Å². The molecule has 4 heterocycles. The van der Waals surface area contributed by atoms with E-state index in [0.717, 1.165) is 32.1 Å². The van der Waals surface area contributed by atoms with Gasteiger partial charge < -0.3 is 24.7 Å². The van der Waals surface area contributed by atoms with Crippen LogP contribution in [0.4, 0.5) is 17.3 Å². The number of aromatic nitrogens is 4. The van der Waals surface area contributed by atoms with Crippen LogP contribution in [-0.4, -0.2) is 58.4 Å². The molecule has 0 aromatic carbocycles. The maximum atomic E-state index is 13.2. The number of ether oxygens (including phenoxy) is 2. The monoisotopic (exact) mass is 480 g/mol. The molecule has 35 heavy (non-hydrogen) atoms. The molecule has 1 saturated carbocycles. The highest BCUT2D eigenvalue weighted by atomic mass is 16.5. The van der Waals surface area contributed by atoms with Gasteiger partial charge in [0.05, 0.1) is 17.9 Å². The van der Waals surface area contributed by atoms with Crippen LogP contribution in [0, 0.1) is 5.92 Å². The van der Waals surface area contributed by atoms with E-state index in [1.807, 2.05) is 12.3 Å². The normalized spacial score (nSPS) is 20.9. The molecule has 2 atom stereocenters. The van der Waals surface area contributed by atoms with E-state index >= 15 is 0 Å². The highest BCUT2D eigenvalue weighted by molar-refractivity contribution is 6.01. The molecule has 0 amide bonds. The molecule has 1 unspecified atom stereocenters. The largest absolute Gasteiger partial charge is 0.381 e. The Kier molecular flexibility index (Phi) is 6.83. The second-order valence-corrected chi connectivity index (χ2v) is 9.34. The number of rotatable bonds is 8. The Hall–Kier alpha value is -3.24. The minimum absolute atomic E-state index is 0.0232. The molecular weight excluding hydrogens is 448 g/mol. The SMILES string of the molecule is CNc1cc(Nc2cccn(C3CCOCC3)c2=O)nc2c(C(=O)CC3CC[C@@H](OC)C3)cnn12. The lowest BCUT2D eigenvalue weighted by Crippen LogP contribution is -2.29. The number of nitrogens with one attached hydrogen (secondary N) is 2. The van der Waals surface area contributed by atoms with E-state index in [9.17, 15) is 9.59 Å². The summed E-state index contributed by atoms with van der Waals surface area (Å²) in [4.78, 5) is 31.1. The highest BCUT2D eigenvalue weighted by Crippen LogP contribution is 2.32. The van der Waals surface area contributed by atoms with Gasteiger partial charge >= 0.3 is 0 Å². The fraction of sp³-hybridized carbons (Fsp3) is 0.520. The predicted molar refractivity (Wildman–Crippen MR) is 133 cm³/mol. The third-order valence-corrected chi connectivity index (χ3v) is 7.15. The fourth-order valence-corrected chi connectivity index (χ4v) is 5.20. The average molecular weight is 481 g/mol. The summed E-state index contributed by atoms with van der Waals surface area (Å²) in [6, 6.07) is 5.50. The summed E-state index contributed by atoms with van der Waals surface area (Å²) in [5.41, 5.74) is 1.28. The molecular formula is C25H32N6O4. The van der Waals surface area contributed by atoms with Crippen LogP contribution in [0.5, 0.6) is 0 Å². The van der Waals surface area contributed by atoms with Crippen molar-refractivity contribution in [1.82, 2.24) is 19.2 Å². The third-order valence-electron chi connectivity index (χ3n) is 7.15. The van der Waals surface area contributed by atoms with Crippen molar-refractivity contribution in [2.45, 2.75) is 50.7 Å². The van der Waals surface area contributed by atoms with E-state index in [0.29, 0.717) is 54.1 Å². The molecule has 2 N–H and O–H groups in total. The molecule has 186 valence electrons. The van der Waals surface area contributed by atoms with Gasteiger partial charge in [0.1, 0.15) is 17.3 Å². The summed E-state index contributed by atoms with van der Waals surface area (Å²) < 4.78 is 14.3. The Balaban J connectivity index is 1.42. The number of anilines is 3. The van der Waals surface area contributed by atoms with Crippen LogP contribution in [0.1, 0.15) is 54.9 Å². The first-order valence-corrected chi connectivity index (χ1v) is 12.3. The maximum absolute atomic E-state index is 13.2. The number of Topliss-reactive ketones (excluding diaryl/α,β-unsaturated/α-hetero) is 1. The Morgan fingerprint density at radius 2 is 2.09 bits per heavy atom. The van der Waals surface area contributed by atoms with Gasteiger partial charge in [-0.05, 0) is 50.2 Å². The van der Waals surface area contributed by atoms with Crippen LogP contribution in [0.2, 0.25) is 0 Å². The molecule has 0 radical (unpaired) electrons. The Labute approximate surface area is 203 Å². The van der Waals surface area contributed by atoms with Crippen LogP contribution in [0.3, 0.4) is 0 Å². The summed E-state index contributed by atoms with van der Waals surface area (Å²) in [5, 5.41) is 10.7. The molecule has 1 saturated heterocycles. The average Bonchev–Trinajstić information content (AvgIpc) is 3.52. The molecule has 1 aliphatic heterocycles. The van der Waals surface area contributed by atoms with E-state index in [1.165, 1.54) is 0 Å². The van der Waals surface area contributed by atoms with Crippen molar-refractivity contribution in [2.75, 3.05) is 38.0 Å². The number of hydrogen-bond acceptors (Lipinski definition) is 8. The zero-order chi connectivity index (χ0) is 24.4. The van der Waals surface area contributed by atoms with Gasteiger partial charge in [0.15, 0.2) is 11.4 Å². The third kappa shape index (κ3) is 4.81. The Morgan fingerprint density at radius 1 is 1.26 bits per heavy atom. The molecule has 5 rings (SSSR count). The molecule has 10 heteroatoms. The number of fused-ring (bicyclic) bond motifs is 1. The van der Waals surface area contributed by atoms with E-state index < -0.39 is 0 Å². The van der Waals surface area contributed by atoms with Crippen LogP contribution in [0.15, 0.2) is 35.4 Å². The minimum atomic E-state index is -0.106. The molecule has 3 aromatic rings. The zero-order valence-corrected chi connectivity index (χ0v) is 20.2. The zero-order valence-electron chi connectivity index (χ0n) is 20.2. The summed E-state index contributed by atoms with van der Waals surface area (Å²) >= 11 is 0. The summed E-state index contributed by atoms with van der Waals surface area (Å²) in [5.74, 6) is 1.46. The lowest BCUT2D eigenvalue weighted by atomic mass is 9.98. The molecule has 0 spiro atoms. The van der Waals surface area contributed by atoms with Crippen molar-refractivity contribution >= 4 is 28.8 Å². The van der Waals surface area contributed by atoms with Crippen LogP contribution < -0.4 is 16.2 Å². The Morgan fingerprint density at radius 3 is 2.83 bits per heavy atom. The molecule has 10 nitrogen and oxygen atoms in total. The van der Waals surface area contributed by atoms with Gasteiger partial charge in [-0.25, -0.2) is 4.98 Å². The van der Waals surface area contributed by atoms with Crippen LogP contribution in [-0.2, 0) is 9.47 Å². The number of pyridine rings is 1. The quantitative estimate of drug-likeness (QED) is 0.472. The number of ketones is 1. The van der Waals surface area contributed by atoms with Gasteiger partial charge in [-0.3, -0.25) is 9.59 Å². The fourth-order valence-electron chi connectivity index (χ4n) is 5.20. The number of hydrogen-bond donors (Lipinski definition) is 2. The van der Waals surface area contributed by atoms with Gasteiger partial charge in [0.25, 0.3) is 5.56 Å². The summed E-state index contributed by atoms with van der Waals surface area (Å²) in [6.45, 7) is 1.31. The van der Waals surface area contributed by atoms with E-state index in [4.69, 9.17) is 9.47 Å². The molecule has 2 aliphatic rings. The second-order valence-electron chi connectivity index (χ2n) is 9.34. The van der Waals surface area contributed by atoms with E-state index in [1.54, 1.807) is 41.6 Å². The van der Waals surface area contributed by atoms with Crippen molar-refractivity contribution in [3.05, 3.63) is 46.5 Å². The number of carbonyl (C=O) groups excluding carboxylic acids is 1. The number of carbonyl (C=O) groups is 1. The van der Waals surface area contributed by atoms with E-state index in [2.05, 4.69) is 20.7 Å². The minimum Gasteiger partial charge on any atom is -0.381 e. The van der Waals surface area contributed by atoms with Gasteiger partial charge in [-0.1, -0.05) is 0 Å². The predicted octanol–water partition coefficient (Wildman–Crippen LogP) is 3.42. The smallest absolute Gasteiger partial charge is 0.274 e. The lowest BCUT2D eigenvalue weighted by Gasteiger charge is -2.24. The van der Waals surface area contributed by atoms with Crippen LogP contribution >= 0.6 is 0 Å². The lowest BCUT2D eigenvalue weighted by molar-refractivity contribution is 0.0687. The number of methoxy groups -OCH3 is 1. The van der Waals surface area contributed by atoms with Gasteiger partial charge in [0, 0.05) is 52.1 Å². The first kappa shape index (κ1) is 23.5. The highest BCUT2D eigenvalue weighted by Gasteiger charge is 2.28. The van der Waals surface area contributed by atoms with Gasteiger partial charge in [-0.15, -0.1) is 0 Å². The van der Waals surface area contributed by atoms with Gasteiger partial charge in [0.2, 0.25) is 0 Å². The molecule has 0 bridgehead atoms. The van der Waals surface area contributed by atoms with E-state index in [-0.39, 0.29) is 23.5 Å². The van der Waals surface area contributed by atoms with Crippen molar-refractivity contribution in [1.29, 1.82) is 0 Å².